The molecule has 31 heavy (non-hydrogen) atoms. The Hall–Kier alpha value is -1.75. The largest absolute Gasteiger partial charge is 0.390 e. The second-order valence-corrected chi connectivity index (χ2v) is 10.9. The Morgan fingerprint density at radius 1 is 1.06 bits per heavy atom. The van der Waals surface area contributed by atoms with Crippen molar-refractivity contribution in [1.29, 1.82) is 0 Å². The molecule has 1 aliphatic carbocycles. The maximum Gasteiger partial charge on any atom is 0.124 e. The molecule has 2 aromatic rings. The fraction of sp³-hybridized carbons (Fsp3) is 0.593. The number of benzene rings is 1. The fourth-order valence-corrected chi connectivity index (χ4v) is 6.04. The minimum Gasteiger partial charge on any atom is -0.390 e. The summed E-state index contributed by atoms with van der Waals surface area (Å²) in [4.78, 5) is 6.82. The first kappa shape index (κ1) is 22.4. The molecule has 1 aliphatic heterocycles. The van der Waals surface area contributed by atoms with Crippen LogP contribution in [0.5, 0.6) is 0 Å². The summed E-state index contributed by atoms with van der Waals surface area (Å²) in [6.45, 7) is 10.1. The molecule has 4 nitrogen and oxygen atoms in total. The normalized spacial score (nSPS) is 28.2. The van der Waals surface area contributed by atoms with E-state index in [4.69, 9.17) is 0 Å². The molecule has 1 aromatic carbocycles. The monoisotopic (exact) mass is 422 g/mol. The van der Waals surface area contributed by atoms with Gasteiger partial charge in [-0.2, -0.15) is 0 Å². The van der Waals surface area contributed by atoms with Gasteiger partial charge in [-0.1, -0.05) is 57.9 Å². The average molecular weight is 423 g/mol. The highest BCUT2D eigenvalue weighted by Gasteiger charge is 2.55. The zero-order valence-electron chi connectivity index (χ0n) is 19.7. The van der Waals surface area contributed by atoms with Crippen molar-refractivity contribution in [3.63, 3.8) is 0 Å². The van der Waals surface area contributed by atoms with Crippen LogP contribution in [0.25, 0.3) is 0 Å². The van der Waals surface area contributed by atoms with E-state index >= 15 is 0 Å². The highest BCUT2D eigenvalue weighted by molar-refractivity contribution is 5.42. The summed E-state index contributed by atoms with van der Waals surface area (Å²) < 4.78 is 0. The lowest BCUT2D eigenvalue weighted by atomic mass is 9.61. The molecule has 0 amide bonds. The Bertz CT molecular complexity index is 915. The molecule has 1 aromatic heterocycles. The molecular weight excluding hydrogens is 384 g/mol. The lowest BCUT2D eigenvalue weighted by molar-refractivity contribution is -0.127. The highest BCUT2D eigenvalue weighted by Crippen LogP contribution is 2.51. The van der Waals surface area contributed by atoms with Gasteiger partial charge in [0.15, 0.2) is 0 Å². The molecule has 0 radical (unpaired) electrons. The molecule has 4 rings (SSSR count). The Balaban J connectivity index is 1.80. The molecule has 0 bridgehead atoms. The van der Waals surface area contributed by atoms with Crippen molar-refractivity contribution in [2.24, 2.45) is 5.41 Å². The topological polar surface area (TPSA) is 56.6 Å². The second kappa shape index (κ2) is 7.99. The molecule has 2 unspecified atom stereocenters. The number of aromatic nitrogens is 1. The van der Waals surface area contributed by atoms with Gasteiger partial charge in [-0.3, -0.25) is 4.98 Å². The maximum atomic E-state index is 12.4. The van der Waals surface area contributed by atoms with E-state index in [1.165, 1.54) is 5.56 Å². The highest BCUT2D eigenvalue weighted by atomic mass is 16.3. The number of hydrogen-bond donors (Lipinski definition) is 2. The summed E-state index contributed by atoms with van der Waals surface area (Å²) in [5.74, 6) is 0.504. The number of aliphatic hydroxyl groups is 2. The van der Waals surface area contributed by atoms with E-state index in [1.54, 1.807) is 0 Å². The van der Waals surface area contributed by atoms with Crippen LogP contribution in [-0.2, 0) is 5.60 Å². The molecule has 3 atom stereocenters. The fourth-order valence-electron chi connectivity index (χ4n) is 6.04. The zero-order chi connectivity index (χ0) is 22.4. The van der Waals surface area contributed by atoms with E-state index in [1.807, 2.05) is 19.3 Å². The van der Waals surface area contributed by atoms with Gasteiger partial charge in [0.05, 0.1) is 5.60 Å². The molecule has 2 heterocycles. The lowest BCUT2D eigenvalue weighted by Crippen LogP contribution is -2.63. The SMILES string of the molecule is CC(C)c1ccc([C@](O)(c2cncc(C3CCCCC3(C)O)c2)C2(C)CN(C)C2)cc1. The van der Waals surface area contributed by atoms with Crippen LogP contribution in [-0.4, -0.2) is 45.8 Å². The minimum absolute atomic E-state index is 0.0538. The van der Waals surface area contributed by atoms with Gasteiger partial charge in [0.1, 0.15) is 5.60 Å². The summed E-state index contributed by atoms with van der Waals surface area (Å²) in [6.07, 6.45) is 7.65. The summed E-state index contributed by atoms with van der Waals surface area (Å²) in [5.41, 5.74) is 1.88. The quantitative estimate of drug-likeness (QED) is 0.727. The molecule has 2 N–H and O–H groups in total. The van der Waals surface area contributed by atoms with Crippen molar-refractivity contribution in [1.82, 2.24) is 9.88 Å². The second-order valence-electron chi connectivity index (χ2n) is 10.9. The molecule has 0 spiro atoms. The maximum absolute atomic E-state index is 12.4. The van der Waals surface area contributed by atoms with Crippen molar-refractivity contribution in [2.75, 3.05) is 20.1 Å². The van der Waals surface area contributed by atoms with Crippen LogP contribution in [0.1, 0.15) is 87.5 Å². The molecule has 1 saturated carbocycles. The Morgan fingerprint density at radius 3 is 2.32 bits per heavy atom. The summed E-state index contributed by atoms with van der Waals surface area (Å²) >= 11 is 0. The van der Waals surface area contributed by atoms with Gasteiger partial charge in [0.2, 0.25) is 0 Å². The van der Waals surface area contributed by atoms with Gasteiger partial charge in [-0.25, -0.2) is 0 Å². The van der Waals surface area contributed by atoms with E-state index < -0.39 is 11.2 Å². The Morgan fingerprint density at radius 2 is 1.74 bits per heavy atom. The van der Waals surface area contributed by atoms with E-state index in [0.717, 1.165) is 55.5 Å². The van der Waals surface area contributed by atoms with Gasteiger partial charge in [0, 0.05) is 42.4 Å². The van der Waals surface area contributed by atoms with Crippen LogP contribution in [0.4, 0.5) is 0 Å². The van der Waals surface area contributed by atoms with Gasteiger partial charge >= 0.3 is 0 Å². The summed E-state index contributed by atoms with van der Waals surface area (Å²) in [6, 6.07) is 10.6. The summed E-state index contributed by atoms with van der Waals surface area (Å²) in [7, 11) is 2.10. The van der Waals surface area contributed by atoms with Crippen LogP contribution in [0, 0.1) is 5.41 Å². The summed E-state index contributed by atoms with van der Waals surface area (Å²) in [5, 5.41) is 23.4. The third-order valence-electron chi connectivity index (χ3n) is 7.86. The van der Waals surface area contributed by atoms with Crippen LogP contribution < -0.4 is 0 Å². The van der Waals surface area contributed by atoms with Gasteiger partial charge in [-0.05, 0) is 55.5 Å². The number of nitrogens with zero attached hydrogens (tertiary/aromatic N) is 2. The number of likely N-dealkylation sites (tertiary alicyclic amines) is 1. The van der Waals surface area contributed by atoms with E-state index in [2.05, 4.69) is 68.0 Å². The zero-order valence-corrected chi connectivity index (χ0v) is 19.7. The molecule has 2 fully saturated rings. The first-order valence-corrected chi connectivity index (χ1v) is 11.8. The van der Waals surface area contributed by atoms with Gasteiger partial charge in [0.25, 0.3) is 0 Å². The van der Waals surface area contributed by atoms with Gasteiger partial charge < -0.3 is 15.1 Å². The van der Waals surface area contributed by atoms with Crippen LogP contribution >= 0.6 is 0 Å². The number of pyridine rings is 1. The molecule has 1 saturated heterocycles. The standard InChI is InChI=1S/C27H38N2O2/c1-19(2)20-9-11-22(12-10-20)27(31,25(3)17-29(5)18-25)23-14-21(15-28-16-23)24-8-6-7-13-26(24,4)30/h9-12,14-16,19,24,30-31H,6-8,13,17-18H2,1-5H3/t24?,26?,27-/m0/s1. The van der Waals surface area contributed by atoms with E-state index in [0.29, 0.717) is 5.92 Å². The van der Waals surface area contributed by atoms with Gasteiger partial charge in [-0.15, -0.1) is 0 Å². The average Bonchev–Trinajstić information content (AvgIpc) is 2.72. The smallest absolute Gasteiger partial charge is 0.124 e. The third-order valence-corrected chi connectivity index (χ3v) is 7.86. The minimum atomic E-state index is -1.14. The molecule has 2 aliphatic rings. The van der Waals surface area contributed by atoms with Crippen molar-refractivity contribution in [2.45, 2.75) is 76.4 Å². The Kier molecular flexibility index (Phi) is 5.78. The predicted molar refractivity (Wildman–Crippen MR) is 125 cm³/mol. The van der Waals surface area contributed by atoms with Crippen LogP contribution in [0.3, 0.4) is 0 Å². The van der Waals surface area contributed by atoms with Crippen molar-refractivity contribution in [3.05, 3.63) is 65.0 Å². The van der Waals surface area contributed by atoms with E-state index in [-0.39, 0.29) is 11.3 Å². The van der Waals surface area contributed by atoms with Crippen molar-refractivity contribution >= 4 is 0 Å². The molecule has 4 heteroatoms. The lowest BCUT2D eigenvalue weighted by Gasteiger charge is -2.56. The number of rotatable bonds is 5. The van der Waals surface area contributed by atoms with Crippen LogP contribution in [0.2, 0.25) is 0 Å². The first-order valence-electron chi connectivity index (χ1n) is 11.8. The van der Waals surface area contributed by atoms with Crippen LogP contribution in [0.15, 0.2) is 42.7 Å². The third kappa shape index (κ3) is 3.83. The predicted octanol–water partition coefficient (Wildman–Crippen LogP) is 4.80. The van der Waals surface area contributed by atoms with E-state index in [9.17, 15) is 10.2 Å². The molecule has 168 valence electrons. The Labute approximate surface area is 187 Å². The van der Waals surface area contributed by atoms with Crippen molar-refractivity contribution < 1.29 is 10.2 Å². The molecular formula is C27H38N2O2. The van der Waals surface area contributed by atoms with Crippen molar-refractivity contribution in [3.8, 4) is 0 Å². The number of hydrogen-bond acceptors (Lipinski definition) is 4. The first-order chi connectivity index (χ1) is 14.6.